The first-order valence-electron chi connectivity index (χ1n) is 5.64. The van der Waals surface area contributed by atoms with Gasteiger partial charge in [-0.05, 0) is 32.0 Å². The smallest absolute Gasteiger partial charge is 0.177 e. The summed E-state index contributed by atoms with van der Waals surface area (Å²) in [7, 11) is 0. The van der Waals surface area contributed by atoms with Crippen LogP contribution in [0.1, 0.15) is 13.8 Å². The maximum Gasteiger partial charge on any atom is 0.177 e. The fourth-order valence-corrected chi connectivity index (χ4v) is 3.41. The molecule has 0 radical (unpaired) electrons. The van der Waals surface area contributed by atoms with E-state index >= 15 is 0 Å². The summed E-state index contributed by atoms with van der Waals surface area (Å²) >= 11 is 7.34. The van der Waals surface area contributed by atoms with Crippen LogP contribution in [-0.2, 0) is 0 Å². The van der Waals surface area contributed by atoms with E-state index in [-0.39, 0.29) is 0 Å². The molecule has 1 heterocycles. The topological polar surface area (TPSA) is 78.5 Å². The van der Waals surface area contributed by atoms with Crippen molar-refractivity contribution in [1.29, 1.82) is 0 Å². The Bertz CT molecular complexity index is 469. The molecule has 2 atom stereocenters. The zero-order valence-electron chi connectivity index (χ0n) is 10.3. The summed E-state index contributed by atoms with van der Waals surface area (Å²) in [6.45, 7) is 3.76. The molecule has 1 aromatic carbocycles. The van der Waals surface area contributed by atoms with Crippen LogP contribution in [0.4, 0.5) is 11.4 Å². The van der Waals surface area contributed by atoms with Crippen molar-refractivity contribution >= 4 is 34.7 Å². The molecule has 100 valence electrons. The van der Waals surface area contributed by atoms with Crippen molar-refractivity contribution in [3.63, 3.8) is 0 Å². The average molecular weight is 289 g/mol. The number of rotatable bonds is 2. The van der Waals surface area contributed by atoms with Crippen molar-refractivity contribution in [3.8, 4) is 0 Å². The molecule has 2 rings (SSSR count). The number of nitrogens with two attached hydrogens (primary N) is 1. The zero-order chi connectivity index (χ0) is 13.6. The highest BCUT2D eigenvalue weighted by Crippen LogP contribution is 2.46. The molecular formula is C12H17ClN2O2S. The van der Waals surface area contributed by atoms with Gasteiger partial charge in [0.15, 0.2) is 5.72 Å². The third-order valence-electron chi connectivity index (χ3n) is 3.34. The van der Waals surface area contributed by atoms with Crippen molar-refractivity contribution in [3.05, 3.63) is 23.2 Å². The van der Waals surface area contributed by atoms with Gasteiger partial charge in [0.05, 0.1) is 16.1 Å². The number of hydrogen-bond donors (Lipinski definition) is 4. The molecule has 0 amide bonds. The monoisotopic (exact) mass is 288 g/mol. The molecule has 0 saturated carbocycles. The Morgan fingerprint density at radius 2 is 2.17 bits per heavy atom. The van der Waals surface area contributed by atoms with Gasteiger partial charge in [-0.1, -0.05) is 11.6 Å². The van der Waals surface area contributed by atoms with Crippen molar-refractivity contribution in [1.82, 2.24) is 0 Å². The largest absolute Gasteiger partial charge is 0.397 e. The molecule has 0 aromatic heterocycles. The summed E-state index contributed by atoms with van der Waals surface area (Å²) in [5.41, 5.74) is 5.44. The van der Waals surface area contributed by atoms with Crippen LogP contribution in [0.15, 0.2) is 18.2 Å². The highest BCUT2D eigenvalue weighted by atomic mass is 35.5. The number of benzene rings is 1. The fourth-order valence-electron chi connectivity index (χ4n) is 2.01. The van der Waals surface area contributed by atoms with Crippen LogP contribution in [0.5, 0.6) is 0 Å². The van der Waals surface area contributed by atoms with Crippen molar-refractivity contribution < 1.29 is 10.2 Å². The second-order valence-corrected chi connectivity index (χ2v) is 7.04. The molecule has 1 unspecified atom stereocenters. The van der Waals surface area contributed by atoms with Crippen LogP contribution < -0.4 is 11.1 Å². The summed E-state index contributed by atoms with van der Waals surface area (Å²) in [6, 6.07) is 4.99. The van der Waals surface area contributed by atoms with E-state index in [1.54, 1.807) is 18.2 Å². The number of aliphatic hydroxyl groups excluding tert-OH is 1. The fraction of sp³-hybridized carbons (Fsp3) is 0.500. The van der Waals surface area contributed by atoms with E-state index in [2.05, 4.69) is 5.32 Å². The number of nitrogen functional groups attached to an aromatic ring is 1. The van der Waals surface area contributed by atoms with Crippen LogP contribution in [-0.4, -0.2) is 32.5 Å². The van der Waals surface area contributed by atoms with Crippen LogP contribution in [0.2, 0.25) is 5.02 Å². The Labute approximate surface area is 116 Å². The van der Waals surface area contributed by atoms with Gasteiger partial charge in [-0.2, -0.15) is 0 Å². The minimum Gasteiger partial charge on any atom is -0.397 e. The molecule has 0 aliphatic carbocycles. The molecule has 5 N–H and O–H groups in total. The summed E-state index contributed by atoms with van der Waals surface area (Å²) in [5, 5.41) is 24.1. The lowest BCUT2D eigenvalue weighted by Gasteiger charge is -2.39. The molecule has 18 heavy (non-hydrogen) atoms. The van der Waals surface area contributed by atoms with Gasteiger partial charge in [0, 0.05) is 10.8 Å². The van der Waals surface area contributed by atoms with E-state index in [1.807, 2.05) is 13.8 Å². The number of halogens is 1. The molecule has 1 aromatic rings. The van der Waals surface area contributed by atoms with Gasteiger partial charge in [-0.25, -0.2) is 0 Å². The van der Waals surface area contributed by atoms with E-state index in [0.29, 0.717) is 22.2 Å². The Kier molecular flexibility index (Phi) is 3.44. The molecule has 6 heteroatoms. The van der Waals surface area contributed by atoms with Gasteiger partial charge in [-0.15, -0.1) is 11.8 Å². The van der Waals surface area contributed by atoms with Crippen LogP contribution >= 0.6 is 23.4 Å². The van der Waals surface area contributed by atoms with Crippen LogP contribution in [0, 0.1) is 0 Å². The predicted molar refractivity (Wildman–Crippen MR) is 77.0 cm³/mol. The van der Waals surface area contributed by atoms with Gasteiger partial charge in [0.2, 0.25) is 0 Å². The van der Waals surface area contributed by atoms with Crippen molar-refractivity contribution in [2.45, 2.75) is 30.4 Å². The van der Waals surface area contributed by atoms with E-state index < -0.39 is 16.6 Å². The van der Waals surface area contributed by atoms with Crippen LogP contribution in [0.3, 0.4) is 0 Å². The van der Waals surface area contributed by atoms with Gasteiger partial charge >= 0.3 is 0 Å². The summed E-state index contributed by atoms with van der Waals surface area (Å²) in [5.74, 6) is 0.476. The Balaban J connectivity index is 2.32. The summed E-state index contributed by atoms with van der Waals surface area (Å²) in [6.07, 6.45) is -0.854. The van der Waals surface area contributed by atoms with E-state index in [0.717, 1.165) is 0 Å². The third kappa shape index (κ3) is 2.16. The number of anilines is 2. The minimum atomic E-state index is -1.42. The quantitative estimate of drug-likeness (QED) is 0.494. The molecule has 1 saturated heterocycles. The van der Waals surface area contributed by atoms with Crippen molar-refractivity contribution in [2.75, 3.05) is 16.8 Å². The van der Waals surface area contributed by atoms with Gasteiger partial charge in [0.1, 0.15) is 6.10 Å². The van der Waals surface area contributed by atoms with Crippen LogP contribution in [0.25, 0.3) is 0 Å². The number of thioether (sulfide) groups is 1. The lowest BCUT2D eigenvalue weighted by molar-refractivity contribution is -0.0520. The lowest BCUT2D eigenvalue weighted by Crippen LogP contribution is -2.57. The molecule has 1 fully saturated rings. The van der Waals surface area contributed by atoms with Gasteiger partial charge in [0.25, 0.3) is 0 Å². The first-order valence-corrected chi connectivity index (χ1v) is 7.00. The van der Waals surface area contributed by atoms with Gasteiger partial charge in [-0.3, -0.25) is 0 Å². The Hall–Kier alpha value is -0.620. The zero-order valence-corrected chi connectivity index (χ0v) is 11.8. The van der Waals surface area contributed by atoms with E-state index in [4.69, 9.17) is 17.3 Å². The first kappa shape index (κ1) is 13.8. The molecular weight excluding hydrogens is 272 g/mol. The highest BCUT2D eigenvalue weighted by molar-refractivity contribution is 8.01. The number of aliphatic hydroxyl groups is 2. The summed E-state index contributed by atoms with van der Waals surface area (Å²) < 4.78 is -0.515. The van der Waals surface area contributed by atoms with Crippen molar-refractivity contribution in [2.24, 2.45) is 0 Å². The second kappa shape index (κ2) is 4.49. The van der Waals surface area contributed by atoms with Gasteiger partial charge < -0.3 is 21.3 Å². The number of hydrogen-bond acceptors (Lipinski definition) is 5. The van der Waals surface area contributed by atoms with E-state index in [1.165, 1.54) is 11.8 Å². The molecule has 0 bridgehead atoms. The third-order valence-corrected chi connectivity index (χ3v) is 5.09. The lowest BCUT2D eigenvalue weighted by atomic mass is 9.93. The highest BCUT2D eigenvalue weighted by Gasteiger charge is 2.55. The number of nitrogens with one attached hydrogen (secondary N) is 1. The molecule has 1 aliphatic rings. The van der Waals surface area contributed by atoms with E-state index in [9.17, 15) is 10.2 Å². The SMILES string of the molecule is CC1(C)SCC(O)[C@]1(O)Nc1ccc(Cl)cc1N. The Morgan fingerprint density at radius 3 is 2.67 bits per heavy atom. The maximum absolute atomic E-state index is 10.7. The standard InChI is InChI=1S/C12H17ClN2O2S/c1-11(2)12(17,10(16)6-18-11)15-9-4-3-7(13)5-8(9)14/h3-5,10,15-17H,6,14H2,1-2H3/t10?,12-/m1/s1. The Morgan fingerprint density at radius 1 is 1.50 bits per heavy atom. The average Bonchev–Trinajstić information content (AvgIpc) is 2.47. The summed E-state index contributed by atoms with van der Waals surface area (Å²) in [4.78, 5) is 0. The molecule has 0 spiro atoms. The minimum absolute atomic E-state index is 0.441. The maximum atomic E-state index is 10.7. The molecule has 4 nitrogen and oxygen atoms in total. The second-order valence-electron chi connectivity index (χ2n) is 4.96. The first-order chi connectivity index (χ1) is 8.26. The predicted octanol–water partition coefficient (Wildman–Crippen LogP) is 1.91. The normalized spacial score (nSPS) is 30.4. The molecule has 1 aliphatic heterocycles.